The molecular formula is C40H66S. The summed E-state index contributed by atoms with van der Waals surface area (Å²) >= 11 is 2.29. The van der Waals surface area contributed by atoms with Crippen molar-refractivity contribution in [1.82, 2.24) is 0 Å². The number of rotatable bonds is 28. The van der Waals surface area contributed by atoms with E-state index in [0.29, 0.717) is 0 Å². The van der Waals surface area contributed by atoms with Crippen LogP contribution in [0.3, 0.4) is 0 Å². The van der Waals surface area contributed by atoms with Crippen molar-refractivity contribution >= 4 is 11.8 Å². The normalized spacial score (nSPS) is 12.9. The number of hydrogen-bond acceptors (Lipinski definition) is 1. The minimum absolute atomic E-state index is 0.873. The van der Waals surface area contributed by atoms with Crippen LogP contribution in [0.1, 0.15) is 153 Å². The maximum absolute atomic E-state index is 2.32. The lowest BCUT2D eigenvalue weighted by molar-refractivity contribution is 0.453. The first kappa shape index (κ1) is 36.0. The molecule has 0 saturated heterocycles. The van der Waals surface area contributed by atoms with Crippen molar-refractivity contribution in [1.29, 1.82) is 0 Å². The van der Waals surface area contributed by atoms with Crippen LogP contribution in [0.5, 0.6) is 0 Å². The van der Waals surface area contributed by atoms with Crippen molar-refractivity contribution in [2.75, 3.05) is 11.5 Å². The van der Waals surface area contributed by atoms with Crippen LogP contribution in [-0.4, -0.2) is 11.5 Å². The molecule has 0 nitrogen and oxygen atoms in total. The van der Waals surface area contributed by atoms with Gasteiger partial charge in [0.1, 0.15) is 0 Å². The van der Waals surface area contributed by atoms with Crippen molar-refractivity contribution in [3.8, 4) is 0 Å². The van der Waals surface area contributed by atoms with Gasteiger partial charge in [-0.1, -0.05) is 177 Å². The fraction of sp³-hybridized carbons (Fsp3) is 0.700. The fourth-order valence-corrected chi connectivity index (χ4v) is 7.66. The van der Waals surface area contributed by atoms with E-state index in [4.69, 9.17) is 0 Å². The summed E-state index contributed by atoms with van der Waals surface area (Å²) in [4.78, 5) is 0. The van der Waals surface area contributed by atoms with Crippen molar-refractivity contribution in [2.24, 2.45) is 11.8 Å². The topological polar surface area (TPSA) is 0 Å². The maximum Gasteiger partial charge on any atom is -0.00389 e. The molecule has 0 amide bonds. The van der Waals surface area contributed by atoms with E-state index in [1.54, 1.807) is 0 Å². The first-order chi connectivity index (χ1) is 20.3. The Labute approximate surface area is 261 Å². The summed E-state index contributed by atoms with van der Waals surface area (Å²) in [5.74, 6) is 4.47. The largest absolute Gasteiger partial charge is 0.161 e. The molecular weight excluding hydrogens is 513 g/mol. The fourth-order valence-electron chi connectivity index (χ4n) is 6.19. The second kappa shape index (κ2) is 26.4. The predicted octanol–water partition coefficient (Wildman–Crippen LogP) is 13.3. The van der Waals surface area contributed by atoms with Gasteiger partial charge >= 0.3 is 0 Å². The van der Waals surface area contributed by atoms with E-state index in [9.17, 15) is 0 Å². The maximum atomic E-state index is 2.32. The van der Waals surface area contributed by atoms with Gasteiger partial charge in [0, 0.05) is 0 Å². The quantitative estimate of drug-likeness (QED) is 0.0905. The molecule has 0 aliphatic carbocycles. The summed E-state index contributed by atoms with van der Waals surface area (Å²) in [5.41, 5.74) is 3.04. The molecule has 0 unspecified atom stereocenters. The molecule has 41 heavy (non-hydrogen) atoms. The average Bonchev–Trinajstić information content (AvgIpc) is 3.01. The number of thioether (sulfide) groups is 1. The number of unbranched alkanes of at least 4 members (excludes halogenated alkanes) is 14. The van der Waals surface area contributed by atoms with Crippen LogP contribution < -0.4 is 0 Å². The lowest BCUT2D eigenvalue weighted by Gasteiger charge is -2.20. The van der Waals surface area contributed by atoms with Gasteiger partial charge in [-0.3, -0.25) is 0 Å². The number of hydrogen-bond donors (Lipinski definition) is 0. The van der Waals surface area contributed by atoms with Gasteiger partial charge in [0.15, 0.2) is 0 Å². The van der Waals surface area contributed by atoms with Gasteiger partial charge in [-0.05, 0) is 73.0 Å². The van der Waals surface area contributed by atoms with Gasteiger partial charge in [0.05, 0.1) is 0 Å². The van der Waals surface area contributed by atoms with E-state index in [1.165, 1.54) is 164 Å². The first-order valence-corrected chi connectivity index (χ1v) is 19.1. The molecule has 0 heterocycles. The van der Waals surface area contributed by atoms with Crippen molar-refractivity contribution in [3.05, 3.63) is 71.8 Å². The van der Waals surface area contributed by atoms with E-state index < -0.39 is 0 Å². The molecule has 0 radical (unpaired) electrons. The van der Waals surface area contributed by atoms with Gasteiger partial charge in [0.25, 0.3) is 0 Å². The van der Waals surface area contributed by atoms with Crippen LogP contribution in [0.15, 0.2) is 60.7 Å². The van der Waals surface area contributed by atoms with Crippen LogP contribution in [0.25, 0.3) is 0 Å². The van der Waals surface area contributed by atoms with E-state index in [1.807, 2.05) is 0 Å². The zero-order valence-electron chi connectivity index (χ0n) is 27.3. The highest BCUT2D eigenvalue weighted by molar-refractivity contribution is 7.99. The Kier molecular flexibility index (Phi) is 23.2. The smallest absolute Gasteiger partial charge is 0.00389 e. The Balaban J connectivity index is 1.77. The SMILES string of the molecule is CCCCCCCCCC[C@H](CCc1ccccc1)CSC[C@H](CCCCCCCCCC)CCc1ccccc1. The van der Waals surface area contributed by atoms with Crippen LogP contribution in [0, 0.1) is 11.8 Å². The highest BCUT2D eigenvalue weighted by atomic mass is 32.2. The molecule has 0 aliphatic heterocycles. The molecule has 2 aromatic rings. The van der Waals surface area contributed by atoms with Crippen LogP contribution in [0.4, 0.5) is 0 Å². The Morgan fingerprint density at radius 2 is 0.756 bits per heavy atom. The lowest BCUT2D eigenvalue weighted by atomic mass is 9.95. The van der Waals surface area contributed by atoms with Gasteiger partial charge in [-0.15, -0.1) is 0 Å². The Hall–Kier alpha value is -1.21. The Morgan fingerprint density at radius 3 is 1.12 bits per heavy atom. The van der Waals surface area contributed by atoms with Crippen molar-refractivity contribution in [2.45, 2.75) is 155 Å². The van der Waals surface area contributed by atoms with E-state index >= 15 is 0 Å². The highest BCUT2D eigenvalue weighted by Gasteiger charge is 2.14. The number of benzene rings is 2. The third-order valence-electron chi connectivity index (χ3n) is 9.01. The third kappa shape index (κ3) is 20.4. The molecule has 2 atom stereocenters. The van der Waals surface area contributed by atoms with Crippen molar-refractivity contribution in [3.63, 3.8) is 0 Å². The molecule has 0 spiro atoms. The molecule has 1 heteroatoms. The summed E-state index contributed by atoms with van der Waals surface area (Å²) in [6.07, 6.45) is 31.0. The third-order valence-corrected chi connectivity index (χ3v) is 10.4. The second-order valence-corrected chi connectivity index (χ2v) is 13.9. The molecule has 0 bridgehead atoms. The average molecular weight is 579 g/mol. The van der Waals surface area contributed by atoms with Crippen molar-refractivity contribution < 1.29 is 0 Å². The predicted molar refractivity (Wildman–Crippen MR) is 188 cm³/mol. The zero-order chi connectivity index (χ0) is 29.1. The Bertz CT molecular complexity index is 717. The monoisotopic (exact) mass is 578 g/mol. The molecule has 0 N–H and O–H groups in total. The minimum atomic E-state index is 0.873. The molecule has 2 aromatic carbocycles. The molecule has 0 saturated carbocycles. The zero-order valence-corrected chi connectivity index (χ0v) is 28.1. The van der Waals surface area contributed by atoms with Crippen LogP contribution >= 0.6 is 11.8 Å². The molecule has 232 valence electrons. The first-order valence-electron chi connectivity index (χ1n) is 18.0. The molecule has 0 aromatic heterocycles. The molecule has 0 fully saturated rings. The summed E-state index contributed by atoms with van der Waals surface area (Å²) in [5, 5.41) is 0. The summed E-state index contributed by atoms with van der Waals surface area (Å²) in [7, 11) is 0. The van der Waals surface area contributed by atoms with Gasteiger partial charge in [-0.2, -0.15) is 11.8 Å². The van der Waals surface area contributed by atoms with E-state index in [-0.39, 0.29) is 0 Å². The van der Waals surface area contributed by atoms with Crippen LogP contribution in [-0.2, 0) is 12.8 Å². The van der Waals surface area contributed by atoms with Crippen LogP contribution in [0.2, 0.25) is 0 Å². The van der Waals surface area contributed by atoms with Gasteiger partial charge in [0.2, 0.25) is 0 Å². The van der Waals surface area contributed by atoms with E-state index in [2.05, 4.69) is 86.3 Å². The highest BCUT2D eigenvalue weighted by Crippen LogP contribution is 2.27. The van der Waals surface area contributed by atoms with Gasteiger partial charge < -0.3 is 0 Å². The second-order valence-electron chi connectivity index (χ2n) is 12.8. The summed E-state index contributed by atoms with van der Waals surface area (Å²) < 4.78 is 0. The number of aryl methyl sites for hydroxylation is 2. The standard InChI is InChI=1S/C40H66S/c1-3-5-7-9-11-13-15-19-29-39(33-31-37-25-21-17-22-26-37)35-41-36-40(34-32-38-27-23-18-24-28-38)30-20-16-14-12-10-8-6-4-2/h17-18,21-28,39-40H,3-16,19-20,29-36H2,1-2H3/t39-,40-/m1/s1. The molecule has 2 rings (SSSR count). The summed E-state index contributed by atoms with van der Waals surface area (Å²) in [6.45, 7) is 4.63. The van der Waals surface area contributed by atoms with E-state index in [0.717, 1.165) is 11.8 Å². The lowest BCUT2D eigenvalue weighted by Crippen LogP contribution is -2.11. The Morgan fingerprint density at radius 1 is 0.415 bits per heavy atom. The summed E-state index contributed by atoms with van der Waals surface area (Å²) in [6, 6.07) is 22.4. The van der Waals surface area contributed by atoms with Gasteiger partial charge in [-0.25, -0.2) is 0 Å². The minimum Gasteiger partial charge on any atom is -0.161 e. The molecule has 0 aliphatic rings.